The van der Waals surface area contributed by atoms with E-state index in [0.29, 0.717) is 16.9 Å². The Kier molecular flexibility index (Phi) is 5.67. The lowest BCUT2D eigenvalue weighted by atomic mass is 10.2. The lowest BCUT2D eigenvalue weighted by Crippen LogP contribution is -2.46. The third-order valence-electron chi connectivity index (χ3n) is 5.57. The van der Waals surface area contributed by atoms with Crippen molar-refractivity contribution < 1.29 is 4.79 Å². The second-order valence-corrected chi connectivity index (χ2v) is 7.72. The zero-order chi connectivity index (χ0) is 21.8. The summed E-state index contributed by atoms with van der Waals surface area (Å²) in [7, 11) is 0. The van der Waals surface area contributed by atoms with Crippen LogP contribution in [0.1, 0.15) is 15.9 Å². The van der Waals surface area contributed by atoms with Crippen LogP contribution in [-0.2, 0) is 6.54 Å². The third kappa shape index (κ3) is 4.55. The number of hydrogen-bond acceptors (Lipinski definition) is 7. The maximum atomic E-state index is 12.7. The van der Waals surface area contributed by atoms with E-state index in [1.165, 1.54) is 11.9 Å². The van der Waals surface area contributed by atoms with E-state index in [2.05, 4.69) is 59.3 Å². The quantitative estimate of drug-likeness (QED) is 0.526. The normalized spacial score (nSPS) is 14.4. The van der Waals surface area contributed by atoms with Gasteiger partial charge >= 0.3 is 0 Å². The Morgan fingerprint density at radius 2 is 1.62 bits per heavy atom. The van der Waals surface area contributed by atoms with E-state index in [9.17, 15) is 4.79 Å². The Balaban J connectivity index is 1.22. The molecule has 1 amide bonds. The van der Waals surface area contributed by atoms with E-state index in [1.807, 2.05) is 12.1 Å². The van der Waals surface area contributed by atoms with E-state index in [0.717, 1.165) is 44.1 Å². The maximum absolute atomic E-state index is 12.7. The first kappa shape index (κ1) is 20.0. The van der Waals surface area contributed by atoms with Gasteiger partial charge in [0.1, 0.15) is 18.0 Å². The number of benzene rings is 2. The second-order valence-electron chi connectivity index (χ2n) is 7.72. The Labute approximate surface area is 186 Å². The fourth-order valence-electron chi connectivity index (χ4n) is 3.86. The molecule has 4 aromatic rings. The third-order valence-corrected chi connectivity index (χ3v) is 5.57. The summed E-state index contributed by atoms with van der Waals surface area (Å²) in [5.74, 6) is 1.06. The van der Waals surface area contributed by atoms with E-state index < -0.39 is 0 Å². The number of carbonyl (C=O) groups is 1. The second kappa shape index (κ2) is 9.07. The largest absolute Gasteiger partial charge is 0.354 e. The lowest BCUT2D eigenvalue weighted by Gasteiger charge is -2.35. The monoisotopic (exact) mass is 425 g/mol. The molecule has 2 aromatic heterocycles. The van der Waals surface area contributed by atoms with E-state index in [4.69, 9.17) is 0 Å². The van der Waals surface area contributed by atoms with Gasteiger partial charge in [-0.05, 0) is 23.8 Å². The molecule has 8 nitrogen and oxygen atoms in total. The van der Waals surface area contributed by atoms with Crippen LogP contribution in [0.2, 0.25) is 0 Å². The number of hydrogen-bond donors (Lipinski definition) is 1. The summed E-state index contributed by atoms with van der Waals surface area (Å²) in [5, 5.41) is 2.87. The highest BCUT2D eigenvalue weighted by Crippen LogP contribution is 2.18. The molecule has 1 saturated heterocycles. The zero-order valence-electron chi connectivity index (χ0n) is 17.6. The van der Waals surface area contributed by atoms with Crippen molar-refractivity contribution in [1.29, 1.82) is 0 Å². The SMILES string of the molecule is O=C(Nc1cc(N2CCN(Cc3ccccc3)CC2)ncn1)c1ccc2nccnc2c1. The van der Waals surface area contributed by atoms with Gasteiger partial charge in [0.2, 0.25) is 0 Å². The highest BCUT2D eigenvalue weighted by Gasteiger charge is 2.19. The van der Waals surface area contributed by atoms with E-state index in [-0.39, 0.29) is 5.91 Å². The molecule has 0 bridgehead atoms. The molecule has 1 aliphatic rings. The highest BCUT2D eigenvalue weighted by molar-refractivity contribution is 6.05. The molecule has 0 spiro atoms. The van der Waals surface area contributed by atoms with Crippen LogP contribution < -0.4 is 10.2 Å². The Morgan fingerprint density at radius 3 is 2.44 bits per heavy atom. The van der Waals surface area contributed by atoms with Crippen molar-refractivity contribution in [3.63, 3.8) is 0 Å². The molecule has 1 N–H and O–H groups in total. The fourth-order valence-corrected chi connectivity index (χ4v) is 3.86. The molecule has 8 heteroatoms. The minimum absolute atomic E-state index is 0.241. The standard InChI is InChI=1S/C24H23N7O/c32-24(19-6-7-20-21(14-19)26-9-8-25-20)29-22-15-23(28-17-27-22)31-12-10-30(11-13-31)16-18-4-2-1-3-5-18/h1-9,14-15,17H,10-13,16H2,(H,27,28,29,32). The molecule has 2 aromatic carbocycles. The Hall–Kier alpha value is -3.91. The fraction of sp³-hybridized carbons (Fsp3) is 0.208. The van der Waals surface area contributed by atoms with Gasteiger partial charge in [-0.15, -0.1) is 0 Å². The number of fused-ring (bicyclic) bond motifs is 1. The van der Waals surface area contributed by atoms with Crippen molar-refractivity contribution in [3.8, 4) is 0 Å². The summed E-state index contributed by atoms with van der Waals surface area (Å²) in [6.07, 6.45) is 4.74. The maximum Gasteiger partial charge on any atom is 0.256 e. The number of nitrogens with zero attached hydrogens (tertiary/aromatic N) is 6. The smallest absolute Gasteiger partial charge is 0.256 e. The van der Waals surface area contributed by atoms with Crippen molar-refractivity contribution >= 4 is 28.6 Å². The van der Waals surface area contributed by atoms with Crippen LogP contribution in [0.15, 0.2) is 73.3 Å². The summed E-state index contributed by atoms with van der Waals surface area (Å²) < 4.78 is 0. The van der Waals surface area contributed by atoms with Crippen molar-refractivity contribution in [3.05, 3.63) is 84.4 Å². The molecule has 1 aliphatic heterocycles. The molecule has 0 saturated carbocycles. The summed E-state index contributed by atoms with van der Waals surface area (Å²) in [6, 6.07) is 17.6. The van der Waals surface area contributed by atoms with Gasteiger partial charge in [0, 0.05) is 56.7 Å². The lowest BCUT2D eigenvalue weighted by molar-refractivity contribution is 0.102. The number of aromatic nitrogens is 4. The molecule has 0 radical (unpaired) electrons. The molecule has 5 rings (SSSR count). The van der Waals surface area contributed by atoms with Gasteiger partial charge in [-0.1, -0.05) is 30.3 Å². The zero-order valence-corrected chi connectivity index (χ0v) is 17.6. The summed E-state index contributed by atoms with van der Waals surface area (Å²) in [5.41, 5.74) is 3.26. The molecular weight excluding hydrogens is 402 g/mol. The number of rotatable bonds is 5. The van der Waals surface area contributed by atoms with Crippen molar-refractivity contribution in [2.45, 2.75) is 6.54 Å². The molecule has 160 valence electrons. The predicted molar refractivity (Wildman–Crippen MR) is 123 cm³/mol. The number of carbonyl (C=O) groups excluding carboxylic acids is 1. The minimum Gasteiger partial charge on any atom is -0.354 e. The van der Waals surface area contributed by atoms with Crippen LogP contribution in [-0.4, -0.2) is 56.9 Å². The average molecular weight is 425 g/mol. The van der Waals surface area contributed by atoms with Crippen molar-refractivity contribution in [2.24, 2.45) is 0 Å². The van der Waals surface area contributed by atoms with Gasteiger partial charge in [0.15, 0.2) is 0 Å². The van der Waals surface area contributed by atoms with E-state index in [1.54, 1.807) is 30.6 Å². The van der Waals surface area contributed by atoms with E-state index >= 15 is 0 Å². The first-order valence-corrected chi connectivity index (χ1v) is 10.6. The molecule has 0 aliphatic carbocycles. The van der Waals surface area contributed by atoms with Gasteiger partial charge in [-0.3, -0.25) is 19.7 Å². The van der Waals surface area contributed by atoms with Crippen LogP contribution in [0.4, 0.5) is 11.6 Å². The number of anilines is 2. The van der Waals surface area contributed by atoms with Gasteiger partial charge < -0.3 is 10.2 Å². The molecule has 3 heterocycles. The van der Waals surface area contributed by atoms with Crippen molar-refractivity contribution in [2.75, 3.05) is 36.4 Å². The molecule has 32 heavy (non-hydrogen) atoms. The summed E-state index contributed by atoms with van der Waals surface area (Å²) in [4.78, 5) is 34.5. The van der Waals surface area contributed by atoms with Crippen LogP contribution in [0, 0.1) is 0 Å². The summed E-state index contributed by atoms with van der Waals surface area (Å²) >= 11 is 0. The molecular formula is C24H23N7O. The number of piperazine rings is 1. The Bertz CT molecular complexity index is 1220. The molecule has 1 fully saturated rings. The first-order valence-electron chi connectivity index (χ1n) is 10.6. The topological polar surface area (TPSA) is 87.1 Å². The molecule has 0 unspecified atom stereocenters. The highest BCUT2D eigenvalue weighted by atomic mass is 16.1. The van der Waals surface area contributed by atoms with Crippen LogP contribution >= 0.6 is 0 Å². The Morgan fingerprint density at radius 1 is 0.844 bits per heavy atom. The van der Waals surface area contributed by atoms with Gasteiger partial charge in [-0.25, -0.2) is 9.97 Å². The van der Waals surface area contributed by atoms with Crippen LogP contribution in [0.25, 0.3) is 11.0 Å². The number of amides is 1. The van der Waals surface area contributed by atoms with Gasteiger partial charge in [0.25, 0.3) is 5.91 Å². The minimum atomic E-state index is -0.241. The van der Waals surface area contributed by atoms with Crippen molar-refractivity contribution in [1.82, 2.24) is 24.8 Å². The number of nitrogens with one attached hydrogen (secondary N) is 1. The van der Waals surface area contributed by atoms with Gasteiger partial charge in [-0.2, -0.15) is 0 Å². The predicted octanol–water partition coefficient (Wildman–Crippen LogP) is 2.99. The van der Waals surface area contributed by atoms with Crippen LogP contribution in [0.3, 0.4) is 0 Å². The van der Waals surface area contributed by atoms with Crippen LogP contribution in [0.5, 0.6) is 0 Å². The first-order chi connectivity index (χ1) is 15.7. The van der Waals surface area contributed by atoms with Gasteiger partial charge in [0.05, 0.1) is 11.0 Å². The molecule has 0 atom stereocenters. The average Bonchev–Trinajstić information content (AvgIpc) is 2.85. The summed E-state index contributed by atoms with van der Waals surface area (Å²) in [6.45, 7) is 4.62.